The maximum atomic E-state index is 13.6. The molecule has 0 aliphatic heterocycles. The second-order valence-corrected chi connectivity index (χ2v) is 10.8. The van der Waals surface area contributed by atoms with Gasteiger partial charge in [-0.3, -0.25) is 4.68 Å². The number of aromatic nitrogens is 3. The summed E-state index contributed by atoms with van der Waals surface area (Å²) in [6.45, 7) is 0.0543. The maximum absolute atomic E-state index is 13.6. The second kappa shape index (κ2) is 10.2. The van der Waals surface area contributed by atoms with Crippen molar-refractivity contribution in [1.29, 1.82) is 0 Å². The van der Waals surface area contributed by atoms with Crippen LogP contribution in [0, 0.1) is 8.70 Å². The topological polar surface area (TPSA) is 77.2 Å². The Bertz CT molecular complexity index is 1400. The number of rotatable bonds is 8. The number of ether oxygens (including phenoxy) is 1. The van der Waals surface area contributed by atoms with Gasteiger partial charge in [-0.2, -0.15) is 18.3 Å². The van der Waals surface area contributed by atoms with Gasteiger partial charge in [0, 0.05) is 11.8 Å². The molecule has 6 nitrogen and oxygen atoms in total. The van der Waals surface area contributed by atoms with Crippen LogP contribution in [0.4, 0.5) is 17.6 Å². The fraction of sp³-hybridized carbons (Fsp3) is 0.130. The highest BCUT2D eigenvalue weighted by Gasteiger charge is 2.32. The summed E-state index contributed by atoms with van der Waals surface area (Å²) < 4.78 is 66.0. The average molecular weight is 617 g/mol. The Labute approximate surface area is 210 Å². The van der Waals surface area contributed by atoms with Crippen molar-refractivity contribution in [3.8, 4) is 16.3 Å². The molecule has 2 heterocycles. The third-order valence-corrected chi connectivity index (χ3v) is 8.38. The Hall–Kier alpha value is -3.13. The Morgan fingerprint density at radius 3 is 2.69 bits per heavy atom. The quantitative estimate of drug-likeness (QED) is 0.192. The van der Waals surface area contributed by atoms with Crippen molar-refractivity contribution in [3.63, 3.8) is 0 Å². The summed E-state index contributed by atoms with van der Waals surface area (Å²) in [5.41, 5.74) is 0.391. The molecule has 0 spiro atoms. The average Bonchev–Trinajstić information content (AvgIpc) is 3.44. The van der Waals surface area contributed by atoms with Crippen molar-refractivity contribution in [2.45, 2.75) is 19.3 Å². The highest BCUT2D eigenvalue weighted by Crippen LogP contribution is 2.38. The summed E-state index contributed by atoms with van der Waals surface area (Å²) in [5.74, 6) is -1.61. The van der Waals surface area contributed by atoms with Crippen LogP contribution >= 0.6 is 32.1 Å². The Morgan fingerprint density at radius 1 is 1.23 bits per heavy atom. The molecule has 35 heavy (non-hydrogen) atoms. The van der Waals surface area contributed by atoms with Crippen LogP contribution < -0.4 is 4.74 Å². The van der Waals surface area contributed by atoms with Gasteiger partial charge in [0.25, 0.3) is 0 Å². The van der Waals surface area contributed by atoms with Crippen molar-refractivity contribution in [2.75, 3.05) is 0 Å². The molecule has 0 aliphatic carbocycles. The van der Waals surface area contributed by atoms with Crippen LogP contribution in [0.25, 0.3) is 10.6 Å². The van der Waals surface area contributed by atoms with Crippen LogP contribution in [0.15, 0.2) is 54.9 Å². The van der Waals surface area contributed by atoms with Crippen LogP contribution in [0.2, 0.25) is 0 Å². The first-order chi connectivity index (χ1) is 16.6. The van der Waals surface area contributed by atoms with E-state index in [2.05, 4.69) is 14.6 Å². The minimum atomic E-state index is -4.61. The molecule has 0 bridgehead atoms. The van der Waals surface area contributed by atoms with E-state index in [1.807, 2.05) is 0 Å². The van der Waals surface area contributed by atoms with E-state index < -0.39 is 44.3 Å². The minimum absolute atomic E-state index is 0.0179. The summed E-state index contributed by atoms with van der Waals surface area (Å²) in [7, 11) is 0. The lowest BCUT2D eigenvalue weighted by molar-refractivity contribution is -0.137. The number of alkyl halides is 3. The van der Waals surface area contributed by atoms with Crippen molar-refractivity contribution >= 4 is 42.6 Å². The first-order valence-corrected chi connectivity index (χ1v) is 13.3. The van der Waals surface area contributed by atoms with Gasteiger partial charge in [-0.05, 0) is 35.9 Å². The van der Waals surface area contributed by atoms with Crippen LogP contribution in [-0.2, 0) is 19.3 Å². The van der Waals surface area contributed by atoms with Crippen LogP contribution in [0.5, 0.6) is 5.75 Å². The largest absolute Gasteiger partial charge is 0.489 e. The molecule has 0 amide bonds. The van der Waals surface area contributed by atoms with Gasteiger partial charge in [0.15, 0.2) is 0 Å². The molecule has 4 rings (SSSR count). The molecule has 0 fully saturated rings. The van der Waals surface area contributed by atoms with E-state index in [1.54, 1.807) is 6.07 Å². The number of halogens is 5. The standard InChI is InChI=1S/C23H16F4IN3O3S/c1-28-20-19(11-31-10-15(9-29-31)22(32)33)30-21(35-20)14-6-16(23(25,26)27)8-18(7-14)34-12-13-3-2-4-17(24)5-13/h2-10H,1,11-12H2,(H,32,33). The lowest BCUT2D eigenvalue weighted by atomic mass is 10.1. The molecule has 0 unspecified atom stereocenters. The predicted octanol–water partition coefficient (Wildman–Crippen LogP) is 6.06. The van der Waals surface area contributed by atoms with Crippen molar-refractivity contribution in [2.24, 2.45) is 0 Å². The van der Waals surface area contributed by atoms with E-state index in [1.165, 1.54) is 52.7 Å². The lowest BCUT2D eigenvalue weighted by Gasteiger charge is -2.12. The normalized spacial score (nSPS) is 11.5. The number of thiazole rings is 1. The summed E-state index contributed by atoms with van der Waals surface area (Å²) >= 11 is 0.527. The number of aromatic carboxylic acids is 1. The van der Waals surface area contributed by atoms with E-state index in [0.717, 1.165) is 15.0 Å². The molecule has 2 aromatic carbocycles. The zero-order valence-corrected chi connectivity index (χ0v) is 20.7. The van der Waals surface area contributed by atoms with E-state index >= 15 is 0 Å². The lowest BCUT2D eigenvalue weighted by Crippen LogP contribution is -2.06. The van der Waals surface area contributed by atoms with Crippen LogP contribution in [0.3, 0.4) is 0 Å². The molecular formula is C23H16F4IN3O3S. The van der Waals surface area contributed by atoms with E-state index in [-0.39, 0.29) is 30.0 Å². The molecule has 0 saturated heterocycles. The Balaban J connectivity index is 1.66. The number of hydrogen-bond acceptors (Lipinski definition) is 5. The van der Waals surface area contributed by atoms with Gasteiger partial charge < -0.3 is 9.84 Å². The van der Waals surface area contributed by atoms with E-state index in [9.17, 15) is 22.4 Å². The number of carboxylic acid groups (broad SMARTS) is 1. The first kappa shape index (κ1) is 25.0. The van der Waals surface area contributed by atoms with Gasteiger partial charge in [0.2, 0.25) is 0 Å². The maximum Gasteiger partial charge on any atom is 0.416 e. The Morgan fingerprint density at radius 2 is 2.03 bits per heavy atom. The van der Waals surface area contributed by atoms with Crippen molar-refractivity contribution in [3.05, 3.63) is 85.9 Å². The molecule has 0 radical (unpaired) electrons. The van der Waals surface area contributed by atoms with Crippen molar-refractivity contribution < 1.29 is 32.2 Å². The summed E-state index contributed by atoms with van der Waals surface area (Å²) in [5, 5.41) is 13.4. The third kappa shape index (κ3) is 6.11. The second-order valence-electron chi connectivity index (χ2n) is 7.27. The molecular weight excluding hydrogens is 601 g/mol. The van der Waals surface area contributed by atoms with Gasteiger partial charge in [0.05, 0.1) is 32.4 Å². The summed E-state index contributed by atoms with van der Waals surface area (Å²) in [6.07, 6.45) is -2.05. The smallest absolute Gasteiger partial charge is 0.416 e. The molecule has 12 heteroatoms. The van der Waals surface area contributed by atoms with Gasteiger partial charge in [-0.1, -0.05) is 37.4 Å². The molecule has 182 valence electrons. The van der Waals surface area contributed by atoms with E-state index in [0.29, 0.717) is 16.3 Å². The highest BCUT2D eigenvalue weighted by molar-refractivity contribution is 14.2. The van der Waals surface area contributed by atoms with Gasteiger partial charge >= 0.3 is 12.1 Å². The van der Waals surface area contributed by atoms with E-state index in [4.69, 9.17) is 9.84 Å². The van der Waals surface area contributed by atoms with Crippen LogP contribution in [0.1, 0.15) is 27.2 Å². The summed E-state index contributed by atoms with van der Waals surface area (Å²) in [6, 6.07) is 8.96. The molecule has 0 atom stereocenters. The number of carboxylic acids is 1. The molecule has 1 N–H and O–H groups in total. The molecule has 0 aliphatic rings. The zero-order valence-electron chi connectivity index (χ0n) is 17.7. The molecule has 0 saturated carbocycles. The monoisotopic (exact) mass is 617 g/mol. The number of benzene rings is 2. The van der Waals surface area contributed by atoms with Gasteiger partial charge in [-0.25, -0.2) is 14.2 Å². The zero-order chi connectivity index (χ0) is 25.2. The van der Waals surface area contributed by atoms with Gasteiger partial charge in [0.1, 0.15) is 23.2 Å². The fourth-order valence-corrected chi connectivity index (χ4v) is 5.80. The summed E-state index contributed by atoms with van der Waals surface area (Å²) in [4.78, 5) is 15.6. The number of carbonyl (C=O) groups is 1. The van der Waals surface area contributed by atoms with Gasteiger partial charge in [-0.15, -0.1) is 11.3 Å². The fourth-order valence-electron chi connectivity index (χ4n) is 3.14. The first-order valence-electron chi connectivity index (χ1n) is 9.86. The SMILES string of the molecule is C=Ic1sc(-c2cc(OCc3cccc(F)c3)cc(C(F)(F)F)c2)nc1Cn1cc(C(=O)O)cn1. The Kier molecular flexibility index (Phi) is 7.31. The molecule has 4 aromatic rings. The minimum Gasteiger partial charge on any atom is -0.489 e. The molecule has 2 aromatic heterocycles. The third-order valence-electron chi connectivity index (χ3n) is 4.74. The van der Waals surface area contributed by atoms with Crippen molar-refractivity contribution in [1.82, 2.24) is 14.8 Å². The predicted molar refractivity (Wildman–Crippen MR) is 131 cm³/mol. The number of hydrogen-bond donors (Lipinski definition) is 1. The highest BCUT2D eigenvalue weighted by atomic mass is 127. The van der Waals surface area contributed by atoms with Crippen LogP contribution in [-0.4, -0.2) is 30.4 Å². The number of nitrogens with zero attached hydrogens (tertiary/aromatic N) is 3.